The zero-order valence-corrected chi connectivity index (χ0v) is 9.51. The zero-order valence-electron chi connectivity index (χ0n) is 9.51. The van der Waals surface area contributed by atoms with Crippen LogP contribution in [0.5, 0.6) is 0 Å². The molecule has 0 radical (unpaired) electrons. The highest BCUT2D eigenvalue weighted by Gasteiger charge is 2.40. The predicted octanol–water partition coefficient (Wildman–Crippen LogP) is 3.29. The summed E-state index contributed by atoms with van der Waals surface area (Å²) in [6.07, 6.45) is -3.88. The fourth-order valence-electron chi connectivity index (χ4n) is 1.47. The van der Waals surface area contributed by atoms with E-state index in [0.717, 1.165) is 0 Å². The van der Waals surface area contributed by atoms with E-state index < -0.39 is 12.2 Å². The van der Waals surface area contributed by atoms with Crippen LogP contribution in [0.25, 0.3) is 0 Å². The minimum absolute atomic E-state index is 0.222. The van der Waals surface area contributed by atoms with Crippen molar-refractivity contribution in [3.8, 4) is 11.8 Å². The quantitative estimate of drug-likeness (QED) is 0.630. The fourth-order valence-corrected chi connectivity index (χ4v) is 1.47. The third kappa shape index (κ3) is 4.49. The second kappa shape index (κ2) is 6.31. The maximum atomic E-state index is 12.8. The van der Waals surface area contributed by atoms with E-state index in [1.54, 1.807) is 25.1 Å². The molecule has 0 bridgehead atoms. The molecule has 0 spiro atoms. The summed E-state index contributed by atoms with van der Waals surface area (Å²) >= 11 is 0. The molecule has 0 amide bonds. The lowest BCUT2D eigenvalue weighted by atomic mass is 10.1. The predicted molar refractivity (Wildman–Crippen MR) is 61.3 cm³/mol. The largest absolute Gasteiger partial charge is 0.407 e. The van der Waals surface area contributed by atoms with Gasteiger partial charge in [-0.3, -0.25) is 0 Å². The van der Waals surface area contributed by atoms with Crippen molar-refractivity contribution >= 4 is 0 Å². The minimum atomic E-state index is -4.29. The van der Waals surface area contributed by atoms with Crippen molar-refractivity contribution in [1.82, 2.24) is 5.32 Å². The Balaban J connectivity index is 2.71. The van der Waals surface area contributed by atoms with Crippen LogP contribution in [-0.2, 0) is 0 Å². The molecule has 17 heavy (non-hydrogen) atoms. The molecule has 0 saturated heterocycles. The first kappa shape index (κ1) is 13.6. The monoisotopic (exact) mass is 241 g/mol. The smallest absolute Gasteiger partial charge is 0.302 e. The summed E-state index contributed by atoms with van der Waals surface area (Å²) in [6, 6.07) is 6.21. The van der Waals surface area contributed by atoms with Gasteiger partial charge in [-0.15, -0.1) is 11.8 Å². The third-order valence-electron chi connectivity index (χ3n) is 2.24. The summed E-state index contributed by atoms with van der Waals surface area (Å²) < 4.78 is 38.4. The van der Waals surface area contributed by atoms with Crippen molar-refractivity contribution in [2.45, 2.75) is 25.6 Å². The van der Waals surface area contributed by atoms with Crippen LogP contribution in [0.3, 0.4) is 0 Å². The van der Waals surface area contributed by atoms with E-state index in [1.165, 1.54) is 12.1 Å². The SMILES string of the molecule is CC#CCCNC(c1ccccc1)C(F)(F)F. The van der Waals surface area contributed by atoms with E-state index in [1.807, 2.05) is 0 Å². The Labute approximate surface area is 99.0 Å². The van der Waals surface area contributed by atoms with Gasteiger partial charge in [0.25, 0.3) is 0 Å². The lowest BCUT2D eigenvalue weighted by Crippen LogP contribution is -2.34. The first-order chi connectivity index (χ1) is 8.05. The third-order valence-corrected chi connectivity index (χ3v) is 2.24. The zero-order chi connectivity index (χ0) is 12.7. The van der Waals surface area contributed by atoms with Gasteiger partial charge in [-0.25, -0.2) is 0 Å². The highest BCUT2D eigenvalue weighted by molar-refractivity contribution is 5.20. The van der Waals surface area contributed by atoms with Gasteiger partial charge in [0.1, 0.15) is 6.04 Å². The van der Waals surface area contributed by atoms with Gasteiger partial charge in [0, 0.05) is 13.0 Å². The average Bonchev–Trinajstić information content (AvgIpc) is 2.28. The molecule has 1 unspecified atom stereocenters. The van der Waals surface area contributed by atoms with Crippen LogP contribution in [0.4, 0.5) is 13.2 Å². The fraction of sp³-hybridized carbons (Fsp3) is 0.385. The summed E-state index contributed by atoms with van der Waals surface area (Å²) in [5.41, 5.74) is 0.226. The molecule has 0 aliphatic carbocycles. The molecule has 1 aromatic rings. The molecule has 1 N–H and O–H groups in total. The van der Waals surface area contributed by atoms with Gasteiger partial charge < -0.3 is 5.32 Å². The molecule has 4 heteroatoms. The maximum absolute atomic E-state index is 12.8. The standard InChI is InChI=1S/C13H14F3N/c1-2-3-7-10-17-12(13(14,15)16)11-8-5-4-6-9-11/h4-6,8-9,12,17H,7,10H2,1H3. The average molecular weight is 241 g/mol. The van der Waals surface area contributed by atoms with E-state index in [0.29, 0.717) is 6.42 Å². The van der Waals surface area contributed by atoms with Crippen molar-refractivity contribution in [2.75, 3.05) is 6.54 Å². The molecule has 1 atom stereocenters. The number of halogens is 3. The molecule has 0 fully saturated rings. The highest BCUT2D eigenvalue weighted by atomic mass is 19.4. The first-order valence-corrected chi connectivity index (χ1v) is 5.30. The van der Waals surface area contributed by atoms with Crippen LogP contribution in [0.15, 0.2) is 30.3 Å². The Bertz CT molecular complexity index is 387. The van der Waals surface area contributed by atoms with E-state index in [2.05, 4.69) is 17.2 Å². The highest BCUT2D eigenvalue weighted by Crippen LogP contribution is 2.32. The Morgan fingerprint density at radius 1 is 1.24 bits per heavy atom. The minimum Gasteiger partial charge on any atom is -0.302 e. The summed E-state index contributed by atoms with van der Waals surface area (Å²) in [6.45, 7) is 1.89. The summed E-state index contributed by atoms with van der Waals surface area (Å²) in [5, 5.41) is 2.48. The van der Waals surface area contributed by atoms with Gasteiger partial charge >= 0.3 is 6.18 Å². The van der Waals surface area contributed by atoms with Gasteiger partial charge in [0.2, 0.25) is 0 Å². The number of alkyl halides is 3. The van der Waals surface area contributed by atoms with E-state index >= 15 is 0 Å². The van der Waals surface area contributed by atoms with E-state index in [-0.39, 0.29) is 12.1 Å². The molecule has 0 saturated carbocycles. The lowest BCUT2D eigenvalue weighted by molar-refractivity contribution is -0.157. The molecule has 1 rings (SSSR count). The van der Waals surface area contributed by atoms with E-state index in [4.69, 9.17) is 0 Å². The van der Waals surface area contributed by atoms with Gasteiger partial charge in [-0.2, -0.15) is 13.2 Å². The first-order valence-electron chi connectivity index (χ1n) is 5.30. The summed E-state index contributed by atoms with van der Waals surface area (Å²) in [5.74, 6) is 5.38. The Hall–Kier alpha value is -1.47. The number of nitrogens with one attached hydrogen (secondary N) is 1. The molecular weight excluding hydrogens is 227 g/mol. The van der Waals surface area contributed by atoms with Gasteiger partial charge in [-0.1, -0.05) is 30.3 Å². The Kier molecular flexibility index (Phi) is 5.05. The van der Waals surface area contributed by atoms with Gasteiger partial charge in [-0.05, 0) is 12.5 Å². The topological polar surface area (TPSA) is 12.0 Å². The maximum Gasteiger partial charge on any atom is 0.407 e. The van der Waals surface area contributed by atoms with Crippen molar-refractivity contribution in [3.05, 3.63) is 35.9 Å². The van der Waals surface area contributed by atoms with Crippen LogP contribution in [0, 0.1) is 11.8 Å². The van der Waals surface area contributed by atoms with Gasteiger partial charge in [0.05, 0.1) is 0 Å². The van der Waals surface area contributed by atoms with Crippen molar-refractivity contribution < 1.29 is 13.2 Å². The molecule has 0 heterocycles. The number of hydrogen-bond donors (Lipinski definition) is 1. The molecule has 92 valence electrons. The van der Waals surface area contributed by atoms with Crippen LogP contribution in [0.2, 0.25) is 0 Å². The molecule has 0 aromatic heterocycles. The Morgan fingerprint density at radius 3 is 2.41 bits per heavy atom. The second-order valence-electron chi connectivity index (χ2n) is 3.52. The summed E-state index contributed by atoms with van der Waals surface area (Å²) in [7, 11) is 0. The molecular formula is C13H14F3N. The molecule has 0 aliphatic rings. The molecule has 1 aromatic carbocycles. The van der Waals surface area contributed by atoms with Crippen LogP contribution in [-0.4, -0.2) is 12.7 Å². The van der Waals surface area contributed by atoms with Crippen LogP contribution in [0.1, 0.15) is 24.9 Å². The lowest BCUT2D eigenvalue weighted by Gasteiger charge is -2.21. The van der Waals surface area contributed by atoms with Crippen molar-refractivity contribution in [1.29, 1.82) is 0 Å². The second-order valence-corrected chi connectivity index (χ2v) is 3.52. The number of hydrogen-bond acceptors (Lipinski definition) is 1. The molecule has 0 aliphatic heterocycles. The van der Waals surface area contributed by atoms with Crippen LogP contribution >= 0.6 is 0 Å². The number of benzene rings is 1. The molecule has 1 nitrogen and oxygen atoms in total. The van der Waals surface area contributed by atoms with Gasteiger partial charge in [0.15, 0.2) is 0 Å². The summed E-state index contributed by atoms with van der Waals surface area (Å²) in [4.78, 5) is 0. The van der Waals surface area contributed by atoms with Crippen molar-refractivity contribution in [3.63, 3.8) is 0 Å². The van der Waals surface area contributed by atoms with Crippen molar-refractivity contribution in [2.24, 2.45) is 0 Å². The van der Waals surface area contributed by atoms with Crippen LogP contribution < -0.4 is 5.32 Å². The van der Waals surface area contributed by atoms with E-state index in [9.17, 15) is 13.2 Å². The Morgan fingerprint density at radius 2 is 1.88 bits per heavy atom. The number of rotatable bonds is 4. The normalized spacial score (nSPS) is 12.7.